The van der Waals surface area contributed by atoms with E-state index < -0.39 is 5.97 Å². The van der Waals surface area contributed by atoms with Gasteiger partial charge in [0.15, 0.2) is 0 Å². The summed E-state index contributed by atoms with van der Waals surface area (Å²) < 4.78 is 11.2. The maximum atomic E-state index is 11.9. The molecule has 27 heavy (non-hydrogen) atoms. The number of hydrogen-bond acceptors (Lipinski definition) is 4. The minimum atomic E-state index is -0.983. The minimum absolute atomic E-state index is 0.196. The smallest absolute Gasteiger partial charge is 0.339 e. The predicted molar refractivity (Wildman–Crippen MR) is 104 cm³/mol. The quantitative estimate of drug-likeness (QED) is 0.534. The zero-order valence-corrected chi connectivity index (χ0v) is 15.4. The largest absolute Gasteiger partial charge is 0.489 e. The van der Waals surface area contributed by atoms with Crippen molar-refractivity contribution in [2.75, 3.05) is 0 Å². The van der Waals surface area contributed by atoms with Gasteiger partial charge in [-0.25, -0.2) is 9.59 Å². The van der Waals surface area contributed by atoms with Gasteiger partial charge < -0.3 is 14.3 Å². The Hall–Kier alpha value is -3.34. The lowest BCUT2D eigenvalue weighted by Crippen LogP contribution is -2.06. The molecule has 0 aliphatic carbocycles. The second-order valence-electron chi connectivity index (χ2n) is 6.25. The van der Waals surface area contributed by atoms with Crippen LogP contribution in [0, 0.1) is 13.8 Å². The number of fused-ring (bicyclic) bond motifs is 1. The van der Waals surface area contributed by atoms with Gasteiger partial charge in [-0.1, -0.05) is 30.3 Å². The Morgan fingerprint density at radius 2 is 1.89 bits per heavy atom. The highest BCUT2D eigenvalue weighted by Crippen LogP contribution is 2.26. The summed E-state index contributed by atoms with van der Waals surface area (Å²) in [5.41, 5.74) is 3.19. The molecule has 0 radical (unpaired) electrons. The first kappa shape index (κ1) is 18.5. The molecule has 0 saturated heterocycles. The summed E-state index contributed by atoms with van der Waals surface area (Å²) in [4.78, 5) is 23.3. The van der Waals surface area contributed by atoms with Crippen LogP contribution in [0.15, 0.2) is 57.8 Å². The summed E-state index contributed by atoms with van der Waals surface area (Å²) in [5, 5.41) is 10.2. The molecule has 5 heteroatoms. The molecule has 0 spiro atoms. The molecule has 0 unspecified atom stereocenters. The summed E-state index contributed by atoms with van der Waals surface area (Å²) in [6, 6.07) is 12.6. The van der Waals surface area contributed by atoms with E-state index in [0.29, 0.717) is 22.5 Å². The SMILES string of the molecule is C/C=C(/C(=O)O)c1ccccc1COc1ccc2c(C)c(C)c(=O)oc2c1. The average molecular weight is 364 g/mol. The van der Waals surface area contributed by atoms with Gasteiger partial charge in [-0.2, -0.15) is 0 Å². The van der Waals surface area contributed by atoms with Crippen molar-refractivity contribution in [1.82, 2.24) is 0 Å². The third kappa shape index (κ3) is 3.62. The molecule has 1 aromatic heterocycles. The highest BCUT2D eigenvalue weighted by molar-refractivity contribution is 6.15. The van der Waals surface area contributed by atoms with Crippen molar-refractivity contribution < 1.29 is 19.1 Å². The van der Waals surface area contributed by atoms with Crippen LogP contribution in [-0.2, 0) is 11.4 Å². The van der Waals surface area contributed by atoms with Gasteiger partial charge in [-0.05, 0) is 49.6 Å². The standard InChI is InChI=1S/C22H20O5/c1-4-17(21(23)24)19-8-6-5-7-15(19)12-26-16-9-10-18-13(2)14(3)22(25)27-20(18)11-16/h4-11H,12H2,1-3H3,(H,23,24)/b17-4+. The third-order valence-corrected chi connectivity index (χ3v) is 4.65. The van der Waals surface area contributed by atoms with Crippen LogP contribution in [0.5, 0.6) is 5.75 Å². The van der Waals surface area contributed by atoms with Crippen molar-refractivity contribution in [3.05, 3.63) is 81.2 Å². The lowest BCUT2D eigenvalue weighted by atomic mass is 10.00. The van der Waals surface area contributed by atoms with Crippen LogP contribution in [0.2, 0.25) is 0 Å². The molecular weight excluding hydrogens is 344 g/mol. The van der Waals surface area contributed by atoms with Crippen molar-refractivity contribution in [3.8, 4) is 5.75 Å². The van der Waals surface area contributed by atoms with Crippen molar-refractivity contribution in [3.63, 3.8) is 0 Å². The lowest BCUT2D eigenvalue weighted by Gasteiger charge is -2.12. The second-order valence-corrected chi connectivity index (χ2v) is 6.25. The van der Waals surface area contributed by atoms with Crippen LogP contribution >= 0.6 is 0 Å². The molecule has 0 saturated carbocycles. The number of benzene rings is 2. The van der Waals surface area contributed by atoms with Crippen molar-refractivity contribution >= 4 is 22.5 Å². The van der Waals surface area contributed by atoms with E-state index in [9.17, 15) is 14.7 Å². The number of carbonyl (C=O) groups is 1. The average Bonchev–Trinajstić information content (AvgIpc) is 2.65. The Balaban J connectivity index is 1.91. The number of ether oxygens (including phenoxy) is 1. The molecule has 0 fully saturated rings. The second kappa shape index (κ2) is 7.50. The first-order valence-corrected chi connectivity index (χ1v) is 8.57. The number of carboxylic acids is 1. The van der Waals surface area contributed by atoms with Gasteiger partial charge in [0.2, 0.25) is 0 Å². The fraction of sp³-hybridized carbons (Fsp3) is 0.182. The fourth-order valence-electron chi connectivity index (χ4n) is 2.98. The molecule has 138 valence electrons. The summed E-state index contributed by atoms with van der Waals surface area (Å²) >= 11 is 0. The van der Waals surface area contributed by atoms with E-state index in [0.717, 1.165) is 16.5 Å². The topological polar surface area (TPSA) is 76.7 Å². The molecule has 0 bridgehead atoms. The summed E-state index contributed by atoms with van der Waals surface area (Å²) in [5.74, 6) is -0.440. The minimum Gasteiger partial charge on any atom is -0.489 e. The Morgan fingerprint density at radius 1 is 1.15 bits per heavy atom. The first-order valence-electron chi connectivity index (χ1n) is 8.57. The molecule has 1 N–H and O–H groups in total. The number of aliphatic carboxylic acids is 1. The summed E-state index contributed by atoms with van der Waals surface area (Å²) in [6.07, 6.45) is 1.57. The van der Waals surface area contributed by atoms with Gasteiger partial charge in [0.1, 0.15) is 17.9 Å². The highest BCUT2D eigenvalue weighted by atomic mass is 16.5. The van der Waals surface area contributed by atoms with E-state index in [-0.39, 0.29) is 17.8 Å². The summed E-state index contributed by atoms with van der Waals surface area (Å²) in [7, 11) is 0. The van der Waals surface area contributed by atoms with Crippen molar-refractivity contribution in [1.29, 1.82) is 0 Å². The molecule has 5 nitrogen and oxygen atoms in total. The van der Waals surface area contributed by atoms with E-state index in [2.05, 4.69) is 0 Å². The molecular formula is C22H20O5. The molecule has 0 atom stereocenters. The van der Waals surface area contributed by atoms with E-state index in [1.807, 2.05) is 31.2 Å². The number of allylic oxidation sites excluding steroid dienone is 1. The maximum absolute atomic E-state index is 11.9. The Kier molecular flexibility index (Phi) is 5.12. The summed E-state index contributed by atoms with van der Waals surface area (Å²) in [6.45, 7) is 5.51. The van der Waals surface area contributed by atoms with Gasteiger partial charge >= 0.3 is 11.6 Å². The molecule has 0 aliphatic heterocycles. The van der Waals surface area contributed by atoms with Crippen LogP contribution in [-0.4, -0.2) is 11.1 Å². The number of carboxylic acid groups (broad SMARTS) is 1. The van der Waals surface area contributed by atoms with Crippen LogP contribution < -0.4 is 10.4 Å². The van der Waals surface area contributed by atoms with Gasteiger partial charge in [-0.3, -0.25) is 0 Å². The number of rotatable bonds is 5. The molecule has 2 aromatic carbocycles. The van der Waals surface area contributed by atoms with Crippen molar-refractivity contribution in [2.24, 2.45) is 0 Å². The van der Waals surface area contributed by atoms with Crippen LogP contribution in [0.25, 0.3) is 16.5 Å². The predicted octanol–water partition coefficient (Wildman–Crippen LogP) is 4.48. The van der Waals surface area contributed by atoms with Gasteiger partial charge in [0.25, 0.3) is 0 Å². The lowest BCUT2D eigenvalue weighted by molar-refractivity contribution is -0.130. The van der Waals surface area contributed by atoms with Crippen LogP contribution in [0.4, 0.5) is 0 Å². The van der Waals surface area contributed by atoms with E-state index in [4.69, 9.17) is 9.15 Å². The van der Waals surface area contributed by atoms with E-state index >= 15 is 0 Å². The fourth-order valence-corrected chi connectivity index (χ4v) is 2.98. The van der Waals surface area contributed by atoms with E-state index in [1.54, 1.807) is 38.1 Å². The molecule has 3 aromatic rings. The monoisotopic (exact) mass is 364 g/mol. The van der Waals surface area contributed by atoms with Gasteiger partial charge in [0.05, 0.1) is 5.57 Å². The molecule has 0 aliphatic rings. The number of hydrogen-bond donors (Lipinski definition) is 1. The van der Waals surface area contributed by atoms with E-state index in [1.165, 1.54) is 0 Å². The van der Waals surface area contributed by atoms with Gasteiger partial charge in [-0.15, -0.1) is 0 Å². The number of aryl methyl sites for hydroxylation is 1. The first-order chi connectivity index (χ1) is 12.9. The van der Waals surface area contributed by atoms with Gasteiger partial charge in [0, 0.05) is 17.0 Å². The van der Waals surface area contributed by atoms with Crippen LogP contribution in [0.1, 0.15) is 29.2 Å². The Morgan fingerprint density at radius 3 is 2.59 bits per heavy atom. The highest BCUT2D eigenvalue weighted by Gasteiger charge is 2.14. The van der Waals surface area contributed by atoms with Crippen LogP contribution in [0.3, 0.4) is 0 Å². The molecule has 0 amide bonds. The molecule has 1 heterocycles. The Bertz CT molecular complexity index is 1110. The normalized spacial score (nSPS) is 11.6. The zero-order chi connectivity index (χ0) is 19.6. The molecule has 3 rings (SSSR count). The third-order valence-electron chi connectivity index (χ3n) is 4.65. The van der Waals surface area contributed by atoms with Crippen molar-refractivity contribution in [2.45, 2.75) is 27.4 Å². The Labute approximate surface area is 156 Å². The maximum Gasteiger partial charge on any atom is 0.339 e. The zero-order valence-electron chi connectivity index (χ0n) is 15.4.